The first kappa shape index (κ1) is 16.6. The van der Waals surface area contributed by atoms with Crippen molar-refractivity contribution in [1.29, 1.82) is 0 Å². The molecule has 0 amide bonds. The van der Waals surface area contributed by atoms with Crippen LogP contribution in [-0.2, 0) is 0 Å². The van der Waals surface area contributed by atoms with Gasteiger partial charge < -0.3 is 0 Å². The number of aryl methyl sites for hydroxylation is 2. The fourth-order valence-electron chi connectivity index (χ4n) is 2.48. The van der Waals surface area contributed by atoms with Crippen LogP contribution in [0.3, 0.4) is 0 Å². The molecule has 0 N–H and O–H groups in total. The van der Waals surface area contributed by atoms with E-state index in [1.165, 1.54) is 17.3 Å². The van der Waals surface area contributed by atoms with Gasteiger partial charge in [-0.2, -0.15) is 4.98 Å². The molecule has 0 aliphatic heterocycles. The molecule has 5 nitrogen and oxygen atoms in total. The van der Waals surface area contributed by atoms with Crippen molar-refractivity contribution in [3.05, 3.63) is 52.8 Å². The molecule has 0 bridgehead atoms. The lowest BCUT2D eigenvalue weighted by Gasteiger charge is -2.05. The Morgan fingerprint density at radius 1 is 1.17 bits per heavy atom. The van der Waals surface area contributed by atoms with Crippen molar-refractivity contribution in [2.45, 2.75) is 38.8 Å². The smallest absolute Gasteiger partial charge is 0.253 e. The Labute approximate surface area is 145 Å². The van der Waals surface area contributed by atoms with Crippen molar-refractivity contribution in [2.75, 3.05) is 5.75 Å². The summed E-state index contributed by atoms with van der Waals surface area (Å²) in [5.74, 6) is 1.43. The van der Waals surface area contributed by atoms with Gasteiger partial charge in [0.25, 0.3) is 5.78 Å². The molecule has 0 saturated carbocycles. The van der Waals surface area contributed by atoms with Crippen molar-refractivity contribution < 1.29 is 4.79 Å². The molecule has 2 aromatic heterocycles. The molecule has 124 valence electrons. The zero-order chi connectivity index (χ0) is 17.3. The highest BCUT2D eigenvalue weighted by Gasteiger charge is 2.12. The summed E-state index contributed by atoms with van der Waals surface area (Å²) in [6.45, 7) is 8.17. The fraction of sp³-hybridized carbons (Fsp3) is 0.333. The third-order valence-electron chi connectivity index (χ3n) is 3.83. The molecule has 0 radical (unpaired) electrons. The third kappa shape index (κ3) is 3.48. The van der Waals surface area contributed by atoms with Gasteiger partial charge in [0.05, 0.1) is 5.75 Å². The lowest BCUT2D eigenvalue weighted by Crippen LogP contribution is -2.03. The maximum atomic E-state index is 12.3. The van der Waals surface area contributed by atoms with E-state index in [0.717, 1.165) is 17.0 Å². The van der Waals surface area contributed by atoms with Crippen LogP contribution in [0.5, 0.6) is 0 Å². The summed E-state index contributed by atoms with van der Waals surface area (Å²) >= 11 is 1.34. The number of hydrogen-bond acceptors (Lipinski definition) is 5. The predicted octanol–water partition coefficient (Wildman–Crippen LogP) is 3.84. The van der Waals surface area contributed by atoms with Crippen LogP contribution in [0, 0.1) is 13.8 Å². The van der Waals surface area contributed by atoms with E-state index < -0.39 is 0 Å². The summed E-state index contributed by atoms with van der Waals surface area (Å²) in [5.41, 5.74) is 3.84. The van der Waals surface area contributed by atoms with Gasteiger partial charge in [-0.25, -0.2) is 9.50 Å². The number of rotatable bonds is 5. The molecule has 0 aliphatic rings. The average Bonchev–Trinajstić information content (AvgIpc) is 2.96. The van der Waals surface area contributed by atoms with E-state index in [4.69, 9.17) is 0 Å². The lowest BCUT2D eigenvalue weighted by atomic mass is 10.0. The number of hydrogen-bond donors (Lipinski definition) is 0. The number of aromatic nitrogens is 4. The van der Waals surface area contributed by atoms with Crippen LogP contribution in [-0.4, -0.2) is 31.1 Å². The van der Waals surface area contributed by atoms with Gasteiger partial charge in [0, 0.05) is 17.0 Å². The Bertz CT molecular complexity index is 884. The maximum Gasteiger partial charge on any atom is 0.253 e. The highest BCUT2D eigenvalue weighted by Crippen LogP contribution is 2.19. The van der Waals surface area contributed by atoms with Crippen LogP contribution in [0.15, 0.2) is 35.5 Å². The van der Waals surface area contributed by atoms with E-state index in [2.05, 4.69) is 28.9 Å². The summed E-state index contributed by atoms with van der Waals surface area (Å²) in [7, 11) is 0. The molecule has 6 heteroatoms. The molecule has 0 aliphatic carbocycles. The molecule has 0 atom stereocenters. The Morgan fingerprint density at radius 3 is 2.54 bits per heavy atom. The predicted molar refractivity (Wildman–Crippen MR) is 95.8 cm³/mol. The minimum Gasteiger partial charge on any atom is -0.293 e. The molecule has 0 spiro atoms. The SMILES string of the molecule is Cc1cc(C)n2nc(SCC(=O)c3ccc(C(C)C)cc3)nc2n1. The first-order valence-corrected chi connectivity index (χ1v) is 8.89. The van der Waals surface area contributed by atoms with Gasteiger partial charge in [0.2, 0.25) is 5.16 Å². The Kier molecular flexibility index (Phi) is 4.66. The highest BCUT2D eigenvalue weighted by atomic mass is 32.2. The summed E-state index contributed by atoms with van der Waals surface area (Å²) in [6.07, 6.45) is 0. The summed E-state index contributed by atoms with van der Waals surface area (Å²) in [4.78, 5) is 21.1. The number of nitrogens with zero attached hydrogens (tertiary/aromatic N) is 4. The molecular weight excluding hydrogens is 320 g/mol. The number of fused-ring (bicyclic) bond motifs is 1. The van der Waals surface area contributed by atoms with Crippen LogP contribution in [0.2, 0.25) is 0 Å². The van der Waals surface area contributed by atoms with Crippen LogP contribution in [0.4, 0.5) is 0 Å². The van der Waals surface area contributed by atoms with Gasteiger partial charge in [-0.3, -0.25) is 4.79 Å². The zero-order valence-electron chi connectivity index (χ0n) is 14.3. The van der Waals surface area contributed by atoms with E-state index in [9.17, 15) is 4.79 Å². The first-order chi connectivity index (χ1) is 11.4. The fourth-order valence-corrected chi connectivity index (χ4v) is 3.19. The van der Waals surface area contributed by atoms with Crippen LogP contribution in [0.25, 0.3) is 5.78 Å². The number of carbonyl (C=O) groups excluding carboxylic acids is 1. The average molecular weight is 340 g/mol. The molecule has 0 saturated heterocycles. The molecule has 24 heavy (non-hydrogen) atoms. The minimum absolute atomic E-state index is 0.0787. The minimum atomic E-state index is 0.0787. The van der Waals surface area contributed by atoms with Crippen molar-refractivity contribution >= 4 is 23.3 Å². The Hall–Kier alpha value is -2.21. The number of ketones is 1. The summed E-state index contributed by atoms with van der Waals surface area (Å²) < 4.78 is 1.71. The molecular formula is C18H20N4OS. The molecule has 0 fully saturated rings. The van der Waals surface area contributed by atoms with Gasteiger partial charge in [0.1, 0.15) is 0 Å². The maximum absolute atomic E-state index is 12.3. The summed E-state index contributed by atoms with van der Waals surface area (Å²) in [5, 5.41) is 4.98. The van der Waals surface area contributed by atoms with Crippen LogP contribution < -0.4 is 0 Å². The Morgan fingerprint density at radius 2 is 1.88 bits per heavy atom. The van der Waals surface area contributed by atoms with E-state index in [0.29, 0.717) is 22.6 Å². The van der Waals surface area contributed by atoms with Gasteiger partial charge in [-0.15, -0.1) is 5.10 Å². The number of carbonyl (C=O) groups is 1. The van der Waals surface area contributed by atoms with Crippen molar-refractivity contribution in [3.8, 4) is 0 Å². The largest absolute Gasteiger partial charge is 0.293 e. The second kappa shape index (κ2) is 6.73. The molecule has 3 rings (SSSR count). The third-order valence-corrected chi connectivity index (χ3v) is 4.67. The first-order valence-electron chi connectivity index (χ1n) is 7.91. The van der Waals surface area contributed by atoms with Gasteiger partial charge in [-0.1, -0.05) is 49.9 Å². The van der Waals surface area contributed by atoms with Crippen molar-refractivity contribution in [3.63, 3.8) is 0 Å². The van der Waals surface area contributed by atoms with Crippen LogP contribution >= 0.6 is 11.8 Å². The van der Waals surface area contributed by atoms with E-state index in [1.807, 2.05) is 44.2 Å². The highest BCUT2D eigenvalue weighted by molar-refractivity contribution is 7.99. The monoisotopic (exact) mass is 340 g/mol. The van der Waals surface area contributed by atoms with Crippen molar-refractivity contribution in [1.82, 2.24) is 19.6 Å². The lowest BCUT2D eigenvalue weighted by molar-refractivity contribution is 0.102. The topological polar surface area (TPSA) is 60.2 Å². The molecule has 0 unspecified atom stereocenters. The second-order valence-corrected chi connectivity index (χ2v) is 7.08. The Balaban J connectivity index is 1.71. The number of Topliss-reactive ketones (excluding diaryl/α,β-unsaturated/α-hetero) is 1. The number of benzene rings is 1. The van der Waals surface area contributed by atoms with Crippen molar-refractivity contribution in [2.24, 2.45) is 0 Å². The van der Waals surface area contributed by atoms with Gasteiger partial charge in [-0.05, 0) is 31.4 Å². The normalized spacial score (nSPS) is 11.4. The van der Waals surface area contributed by atoms with Gasteiger partial charge >= 0.3 is 0 Å². The van der Waals surface area contributed by atoms with E-state index >= 15 is 0 Å². The zero-order valence-corrected chi connectivity index (χ0v) is 15.1. The summed E-state index contributed by atoms with van der Waals surface area (Å²) in [6, 6.07) is 9.77. The van der Waals surface area contributed by atoms with E-state index in [1.54, 1.807) is 4.52 Å². The van der Waals surface area contributed by atoms with Gasteiger partial charge in [0.15, 0.2) is 5.78 Å². The van der Waals surface area contributed by atoms with E-state index in [-0.39, 0.29) is 5.78 Å². The van der Waals surface area contributed by atoms with Crippen LogP contribution in [0.1, 0.15) is 47.1 Å². The molecule has 3 aromatic rings. The quantitative estimate of drug-likeness (QED) is 0.522. The standard InChI is InChI=1S/C18H20N4OS/c1-11(2)14-5-7-15(8-6-14)16(23)10-24-18-20-17-19-12(3)9-13(4)22(17)21-18/h5-9,11H,10H2,1-4H3. The second-order valence-electron chi connectivity index (χ2n) is 6.13. The molecule has 1 aromatic carbocycles. The molecule has 2 heterocycles. The number of thioether (sulfide) groups is 1.